The lowest BCUT2D eigenvalue weighted by molar-refractivity contribution is -0.145. The highest BCUT2D eigenvalue weighted by atomic mass is 16.5. The number of nitrogens with one attached hydrogen (secondary N) is 4. The number of rotatable bonds is 6. The maximum atomic E-state index is 14.3. The number of fused-ring (bicyclic) bond motifs is 15. The lowest BCUT2D eigenvalue weighted by atomic mass is 9.89. The summed E-state index contributed by atoms with van der Waals surface area (Å²) >= 11 is 0. The molecular weight excluding hydrogens is 718 g/mol. The number of nitrogens with zero attached hydrogens (tertiary/aromatic N) is 3. The molecule has 0 radical (unpaired) electrons. The van der Waals surface area contributed by atoms with E-state index in [1.807, 2.05) is 60.7 Å². The molecule has 4 atom stereocenters. The van der Waals surface area contributed by atoms with Crippen LogP contribution >= 0.6 is 0 Å². The van der Waals surface area contributed by atoms with Gasteiger partial charge in [-0.15, -0.1) is 0 Å². The average molecular weight is 766 g/mol. The number of benzene rings is 3. The van der Waals surface area contributed by atoms with Crippen molar-refractivity contribution >= 4 is 29.5 Å². The fraction of sp³-hybridized carbons (Fsp3) is 0.366. The molecule has 7 rings (SSSR count). The summed E-state index contributed by atoms with van der Waals surface area (Å²) < 4.78 is 14.0. The Morgan fingerprint density at radius 3 is 2.16 bits per heavy atom. The van der Waals surface area contributed by atoms with Gasteiger partial charge in [-0.2, -0.15) is 5.10 Å². The van der Waals surface area contributed by atoms with E-state index in [-0.39, 0.29) is 51.4 Å². The van der Waals surface area contributed by atoms with Gasteiger partial charge in [0.25, 0.3) is 11.8 Å². The zero-order chi connectivity index (χ0) is 39.7. The monoisotopic (exact) mass is 765 g/mol. The van der Waals surface area contributed by atoms with Gasteiger partial charge in [0, 0.05) is 38.5 Å². The molecule has 15 nitrogen and oxygen atoms in total. The summed E-state index contributed by atoms with van der Waals surface area (Å²) in [6.45, 7) is 3.87. The zero-order valence-electron chi connectivity index (χ0n) is 31.4. The van der Waals surface area contributed by atoms with Gasteiger partial charge in [0.05, 0.1) is 31.0 Å². The Kier molecular flexibility index (Phi) is 12.6. The van der Waals surface area contributed by atoms with Crippen molar-refractivity contribution in [3.8, 4) is 11.5 Å². The lowest BCUT2D eigenvalue weighted by Gasteiger charge is -2.41. The van der Waals surface area contributed by atoms with Crippen molar-refractivity contribution in [2.45, 2.75) is 69.5 Å². The first-order valence-electron chi connectivity index (χ1n) is 18.7. The van der Waals surface area contributed by atoms with Crippen molar-refractivity contribution in [1.82, 2.24) is 35.9 Å². The van der Waals surface area contributed by atoms with Gasteiger partial charge in [0.2, 0.25) is 17.7 Å². The molecule has 56 heavy (non-hydrogen) atoms. The van der Waals surface area contributed by atoms with E-state index in [9.17, 15) is 29.1 Å². The molecule has 15 heteroatoms. The fourth-order valence-corrected chi connectivity index (χ4v) is 6.66. The Balaban J connectivity index is 1.20. The summed E-state index contributed by atoms with van der Waals surface area (Å²) in [6, 6.07) is 22.0. The lowest BCUT2D eigenvalue weighted by Crippen LogP contribution is -2.63. The molecule has 0 aliphatic carbocycles. The Morgan fingerprint density at radius 2 is 1.50 bits per heavy atom. The average Bonchev–Trinajstić information content (AvgIpc) is 3.67. The number of carbonyl (C=O) groups is 5. The third-order valence-corrected chi connectivity index (χ3v) is 9.87. The summed E-state index contributed by atoms with van der Waals surface area (Å²) in [4.78, 5) is 69.7. The van der Waals surface area contributed by atoms with Crippen LogP contribution in [0.2, 0.25) is 0 Å². The second-order valence-electron chi connectivity index (χ2n) is 14.1. The first-order valence-corrected chi connectivity index (χ1v) is 18.7. The number of ether oxygens (including phenoxy) is 2. The topological polar surface area (TPSA) is 193 Å². The largest absolute Gasteiger partial charge is 0.492 e. The predicted molar refractivity (Wildman–Crippen MR) is 205 cm³/mol. The SMILES string of the molecule is C[C@@H]1NC(=O)C([C@@H](C)O)NC(=O)C2(CCN(C(=O)c3cnn(Cc4ccccc4)c3)CC2)Oc2ccc(cc2)OCCNC(=O)[C@H](Cc2ccccc2)NC1=O. The number of aromatic nitrogens is 2. The molecule has 2 bridgehead atoms. The van der Waals surface area contributed by atoms with Gasteiger partial charge >= 0.3 is 0 Å². The Labute approximate surface area is 324 Å². The number of likely N-dealkylation sites (tertiary alicyclic amines) is 1. The van der Waals surface area contributed by atoms with Crippen molar-refractivity contribution < 1.29 is 38.6 Å². The summed E-state index contributed by atoms with van der Waals surface area (Å²) in [6.07, 6.45) is 2.17. The van der Waals surface area contributed by atoms with Crippen LogP contribution in [0.25, 0.3) is 0 Å². The van der Waals surface area contributed by atoms with Crippen LogP contribution in [0.4, 0.5) is 0 Å². The molecule has 4 heterocycles. The van der Waals surface area contributed by atoms with Crippen LogP contribution < -0.4 is 30.7 Å². The minimum atomic E-state index is -1.54. The van der Waals surface area contributed by atoms with Crippen LogP contribution in [0.15, 0.2) is 97.3 Å². The zero-order valence-corrected chi connectivity index (χ0v) is 31.4. The minimum Gasteiger partial charge on any atom is -0.492 e. The van der Waals surface area contributed by atoms with Crippen molar-refractivity contribution in [3.05, 3.63) is 114 Å². The molecule has 1 unspecified atom stereocenters. The van der Waals surface area contributed by atoms with E-state index in [0.29, 0.717) is 23.6 Å². The van der Waals surface area contributed by atoms with Crippen LogP contribution in [0.1, 0.15) is 48.2 Å². The van der Waals surface area contributed by atoms with E-state index < -0.39 is 53.5 Å². The third kappa shape index (κ3) is 9.90. The molecule has 1 fully saturated rings. The number of aliphatic hydroxyl groups excluding tert-OH is 1. The standard InChI is InChI=1S/C41H47N7O8/c1-27-36(50)45-34(23-29-9-5-3-6-10-29)37(51)42-19-22-55-32-13-15-33(16-14-32)56-41(40(54)46-35(28(2)49)38(52)44-27)17-20-47(21-18-41)39(53)31-24-43-48(26-31)25-30-11-7-4-8-12-30/h3-16,24,26-28,34-35,49H,17-23,25H2,1-2H3,(H,42,51)(H,44,52)(H,45,50)(H,46,54)/t27-,28+,34-,35?/m0/s1. The number of carbonyl (C=O) groups excluding carboxylic acids is 5. The molecule has 4 aromatic rings. The molecule has 5 amide bonds. The predicted octanol–water partition coefficient (Wildman–Crippen LogP) is 1.59. The van der Waals surface area contributed by atoms with E-state index >= 15 is 0 Å². The number of hydrogen-bond acceptors (Lipinski definition) is 9. The van der Waals surface area contributed by atoms with Crippen LogP contribution in [-0.4, -0.2) is 105 Å². The molecule has 3 aliphatic heterocycles. The Morgan fingerprint density at radius 1 is 0.857 bits per heavy atom. The summed E-state index contributed by atoms with van der Waals surface area (Å²) in [5.74, 6) is -1.99. The van der Waals surface area contributed by atoms with Gasteiger partial charge in [0.1, 0.15) is 36.2 Å². The fourth-order valence-electron chi connectivity index (χ4n) is 6.66. The third-order valence-electron chi connectivity index (χ3n) is 9.87. The molecule has 0 saturated carbocycles. The van der Waals surface area contributed by atoms with E-state index in [1.165, 1.54) is 20.0 Å². The van der Waals surface area contributed by atoms with Crippen LogP contribution in [0, 0.1) is 0 Å². The van der Waals surface area contributed by atoms with Gasteiger partial charge in [-0.3, -0.25) is 28.7 Å². The number of piperidine rings is 1. The molecule has 3 aromatic carbocycles. The summed E-state index contributed by atoms with van der Waals surface area (Å²) in [5.41, 5.74) is 0.720. The second kappa shape index (κ2) is 17.9. The van der Waals surface area contributed by atoms with E-state index in [2.05, 4.69) is 26.4 Å². The van der Waals surface area contributed by atoms with Crippen molar-refractivity contribution in [1.29, 1.82) is 0 Å². The smallest absolute Gasteiger partial charge is 0.265 e. The maximum absolute atomic E-state index is 14.3. The molecule has 1 spiro atoms. The number of hydrogen-bond donors (Lipinski definition) is 5. The van der Waals surface area contributed by atoms with Crippen LogP contribution in [0.5, 0.6) is 11.5 Å². The first-order chi connectivity index (χ1) is 27.0. The first kappa shape index (κ1) is 39.5. The quantitative estimate of drug-likeness (QED) is 0.181. The van der Waals surface area contributed by atoms with Gasteiger partial charge in [0.15, 0.2) is 5.60 Å². The van der Waals surface area contributed by atoms with Crippen molar-refractivity contribution in [2.75, 3.05) is 26.2 Å². The minimum absolute atomic E-state index is 0.0659. The van der Waals surface area contributed by atoms with E-state index in [0.717, 1.165) is 11.1 Å². The van der Waals surface area contributed by atoms with Gasteiger partial charge in [-0.05, 0) is 49.2 Å². The maximum Gasteiger partial charge on any atom is 0.265 e. The molecule has 3 aliphatic rings. The van der Waals surface area contributed by atoms with Gasteiger partial charge < -0.3 is 40.7 Å². The highest BCUT2D eigenvalue weighted by Gasteiger charge is 2.47. The summed E-state index contributed by atoms with van der Waals surface area (Å²) in [5, 5.41) is 25.9. The van der Waals surface area contributed by atoms with E-state index in [1.54, 1.807) is 40.0 Å². The summed E-state index contributed by atoms with van der Waals surface area (Å²) in [7, 11) is 0. The number of amides is 5. The van der Waals surface area contributed by atoms with Crippen LogP contribution in [0.3, 0.4) is 0 Å². The second-order valence-corrected chi connectivity index (χ2v) is 14.1. The van der Waals surface area contributed by atoms with Gasteiger partial charge in [-0.1, -0.05) is 60.7 Å². The van der Waals surface area contributed by atoms with Gasteiger partial charge in [-0.25, -0.2) is 0 Å². The molecule has 294 valence electrons. The molecule has 5 N–H and O–H groups in total. The normalized spacial score (nSPS) is 21.4. The highest BCUT2D eigenvalue weighted by molar-refractivity contribution is 5.96. The molecule has 1 aromatic heterocycles. The van der Waals surface area contributed by atoms with Crippen molar-refractivity contribution in [2.24, 2.45) is 0 Å². The van der Waals surface area contributed by atoms with Crippen molar-refractivity contribution in [3.63, 3.8) is 0 Å². The number of aliphatic hydroxyl groups is 1. The Hall–Kier alpha value is -6.22. The molecular formula is C41H47N7O8. The highest BCUT2D eigenvalue weighted by Crippen LogP contribution is 2.31. The Bertz CT molecular complexity index is 1980. The van der Waals surface area contributed by atoms with Crippen LogP contribution in [-0.2, 0) is 32.1 Å². The van der Waals surface area contributed by atoms with E-state index in [4.69, 9.17) is 9.47 Å². The molecule has 1 saturated heterocycles.